The van der Waals surface area contributed by atoms with Gasteiger partial charge in [-0.3, -0.25) is 0 Å². The molecule has 0 aliphatic heterocycles. The van der Waals surface area contributed by atoms with Crippen LogP contribution in [0.5, 0.6) is 0 Å². The van der Waals surface area contributed by atoms with Crippen LogP contribution in [0.15, 0.2) is 0 Å². The summed E-state index contributed by atoms with van der Waals surface area (Å²) in [4.78, 5) is 0. The van der Waals surface area contributed by atoms with Gasteiger partial charge >= 0.3 is 82.2 Å². The second-order valence-corrected chi connectivity index (χ2v) is 12.5. The summed E-state index contributed by atoms with van der Waals surface area (Å²) in [5, 5.41) is 0. The van der Waals surface area contributed by atoms with Gasteiger partial charge in [-0.15, -0.1) is 0 Å². The van der Waals surface area contributed by atoms with E-state index in [4.69, 9.17) is 12.2 Å². The van der Waals surface area contributed by atoms with E-state index in [0.29, 0.717) is 29.0 Å². The Bertz CT molecular complexity index is 211. The minimum absolute atomic E-state index is 0.510. The van der Waals surface area contributed by atoms with Gasteiger partial charge in [-0.05, 0) is 0 Å². The van der Waals surface area contributed by atoms with Gasteiger partial charge in [0.2, 0.25) is 0 Å². The monoisotopic (exact) mass is 388 g/mol. The van der Waals surface area contributed by atoms with E-state index >= 15 is 0 Å². The molecule has 0 atom stereocenters. The van der Waals surface area contributed by atoms with Gasteiger partial charge in [0, 0.05) is 0 Å². The van der Waals surface area contributed by atoms with Crippen molar-refractivity contribution in [2.75, 3.05) is 0 Å². The molecule has 0 aromatic carbocycles. The van der Waals surface area contributed by atoms with Crippen molar-refractivity contribution in [2.24, 2.45) is 0 Å². The van der Waals surface area contributed by atoms with Crippen LogP contribution in [0.3, 0.4) is 0 Å². The zero-order valence-corrected chi connectivity index (χ0v) is 11.2. The van der Waals surface area contributed by atoms with Crippen LogP contribution in [0.4, 0.5) is 0 Å². The number of hydrogen-bond acceptors (Lipinski definition) is 1. The van der Waals surface area contributed by atoms with Gasteiger partial charge in [-0.1, -0.05) is 0 Å². The molecule has 1 aromatic heterocycles. The van der Waals surface area contributed by atoms with Gasteiger partial charge in [-0.25, -0.2) is 0 Å². The van der Waals surface area contributed by atoms with E-state index in [1.54, 1.807) is 0 Å². The second kappa shape index (κ2) is 3.34. The predicted molar refractivity (Wildman–Crippen MR) is 41.9 cm³/mol. The van der Waals surface area contributed by atoms with Crippen molar-refractivity contribution in [1.82, 2.24) is 0 Å². The van der Waals surface area contributed by atoms with Crippen LogP contribution >= 0.6 is 12.2 Å². The summed E-state index contributed by atoms with van der Waals surface area (Å²) in [5.74, 6) is 0. The Morgan fingerprint density at radius 3 is 1.62 bits per heavy atom. The molecule has 0 spiro atoms. The van der Waals surface area contributed by atoms with E-state index in [2.05, 4.69) is 32.0 Å². The van der Waals surface area contributed by atoms with Crippen molar-refractivity contribution in [3.63, 3.8) is 0 Å². The van der Waals surface area contributed by atoms with Crippen molar-refractivity contribution in [3.05, 3.63) is 2.26 Å². The molecule has 0 N–H and O–H groups in total. The van der Waals surface area contributed by atoms with Crippen molar-refractivity contribution in [1.29, 1.82) is 0 Å². The van der Waals surface area contributed by atoms with Crippen LogP contribution < -0.4 is 6.67 Å². The van der Waals surface area contributed by atoms with Gasteiger partial charge in [0.1, 0.15) is 0 Å². The first-order chi connectivity index (χ1) is 3.70. The quantitative estimate of drug-likeness (QED) is 0.373. The third kappa shape index (κ3) is 1.95. The summed E-state index contributed by atoms with van der Waals surface area (Å²) in [6.07, 6.45) is 0. The van der Waals surface area contributed by atoms with Gasteiger partial charge in [0.25, 0.3) is 0 Å². The molecule has 0 unspecified atom stereocenters. The molecule has 42 valence electrons. The zero-order chi connectivity index (χ0) is 6.15. The Morgan fingerprint density at radius 2 is 1.50 bits per heavy atom. The van der Waals surface area contributed by atoms with Crippen LogP contribution in [0.1, 0.15) is 0 Å². The normalized spacial score (nSPS) is 9.50. The number of hydrogen-bond donors (Lipinski definition) is 0. The molecule has 0 amide bonds. The molecule has 1 aromatic rings. The van der Waals surface area contributed by atoms with Gasteiger partial charge in [-0.2, -0.15) is 0 Å². The SMILES string of the molecule is S=c1[se]c([Se])c([Se])[se]1. The Balaban J connectivity index is 3.35. The van der Waals surface area contributed by atoms with E-state index in [0.717, 1.165) is 0 Å². The van der Waals surface area contributed by atoms with E-state index in [1.165, 1.54) is 8.93 Å². The third-order valence-electron chi connectivity index (χ3n) is 0.519. The first-order valence-corrected chi connectivity index (χ1v) is 7.23. The molecule has 1 heterocycles. The van der Waals surface area contributed by atoms with E-state index < -0.39 is 0 Å². The molecule has 8 heavy (non-hydrogen) atoms. The van der Waals surface area contributed by atoms with E-state index in [-0.39, 0.29) is 0 Å². The van der Waals surface area contributed by atoms with Crippen molar-refractivity contribution >= 4 is 79.9 Å². The van der Waals surface area contributed by atoms with Crippen LogP contribution in [0, 0.1) is 2.26 Å². The van der Waals surface area contributed by atoms with Crippen molar-refractivity contribution in [3.8, 4) is 0 Å². The van der Waals surface area contributed by atoms with Gasteiger partial charge in [0.05, 0.1) is 0 Å². The van der Waals surface area contributed by atoms with Crippen LogP contribution in [0.25, 0.3) is 0 Å². The van der Waals surface area contributed by atoms with Crippen LogP contribution in [0.2, 0.25) is 0 Å². The fraction of sp³-hybridized carbons (Fsp3) is 0. The number of rotatable bonds is 0. The molecule has 1 rings (SSSR count). The zero-order valence-electron chi connectivity index (χ0n) is 3.54. The summed E-state index contributed by atoms with van der Waals surface area (Å²) in [5.41, 5.74) is 0. The average Bonchev–Trinajstić information content (AvgIpc) is 1.85. The molecule has 0 nitrogen and oxygen atoms in total. The van der Waals surface area contributed by atoms with Crippen LogP contribution in [-0.4, -0.2) is 61.0 Å². The average molecular weight is 384 g/mol. The Kier molecular flexibility index (Phi) is 3.35. The minimum atomic E-state index is 0.510. The summed E-state index contributed by atoms with van der Waals surface area (Å²) < 4.78 is 4.05. The molecule has 0 bridgehead atoms. The standard InChI is InChI=1S/C3SSe4/c4-3-7-1(5)2(6)8-3. The predicted octanol–water partition coefficient (Wildman–Crippen LogP) is -1.88. The molecular formula is C3SSe4. The molecule has 2 radical (unpaired) electrons. The maximum absolute atomic E-state index is 5.05. The summed E-state index contributed by atoms with van der Waals surface area (Å²) in [7, 11) is 0. The topological polar surface area (TPSA) is 0 Å². The molecule has 0 aliphatic rings. The van der Waals surface area contributed by atoms with E-state index in [9.17, 15) is 0 Å². The van der Waals surface area contributed by atoms with Crippen LogP contribution in [-0.2, 0) is 0 Å². The Labute approximate surface area is 81.2 Å². The first-order valence-electron chi connectivity index (χ1n) is 1.68. The molecular weight excluding hydrogens is 384 g/mol. The van der Waals surface area contributed by atoms with Gasteiger partial charge in [0.15, 0.2) is 0 Å². The Hall–Kier alpha value is 1.91. The maximum atomic E-state index is 5.05. The molecule has 0 aliphatic carbocycles. The fourth-order valence-electron chi connectivity index (χ4n) is 0.256. The van der Waals surface area contributed by atoms with Crippen molar-refractivity contribution in [2.45, 2.75) is 0 Å². The summed E-state index contributed by atoms with van der Waals surface area (Å²) >= 11 is 12.1. The second-order valence-electron chi connectivity index (χ2n) is 1.03. The Morgan fingerprint density at radius 1 is 1.12 bits per heavy atom. The molecule has 0 fully saturated rings. The molecule has 0 saturated carbocycles. The fourth-order valence-corrected chi connectivity index (χ4v) is 12.1. The first kappa shape index (κ1) is 8.01. The van der Waals surface area contributed by atoms with Gasteiger partial charge < -0.3 is 0 Å². The van der Waals surface area contributed by atoms with Crippen molar-refractivity contribution < 1.29 is 0 Å². The molecule has 5 heteroatoms. The summed E-state index contributed by atoms with van der Waals surface area (Å²) in [6, 6.07) is 0. The summed E-state index contributed by atoms with van der Waals surface area (Å²) in [6.45, 7) is 0. The third-order valence-corrected chi connectivity index (χ3v) is 10.8. The van der Waals surface area contributed by atoms with E-state index in [1.807, 2.05) is 0 Å². The molecule has 0 saturated heterocycles.